The topological polar surface area (TPSA) is 226 Å². The third-order valence-corrected chi connectivity index (χ3v) is 17.8. The van der Waals surface area contributed by atoms with Crippen molar-refractivity contribution in [1.29, 1.82) is 0 Å². The number of ether oxygens (including phenoxy) is 5. The number of anilines is 4. The Morgan fingerprint density at radius 3 is 1.74 bits per heavy atom. The molecule has 3 amide bonds. The van der Waals surface area contributed by atoms with Gasteiger partial charge in [-0.3, -0.25) is 4.98 Å². The number of carbonyl (C=O) groups is 2. The number of aromatic nitrogens is 9. The van der Waals surface area contributed by atoms with Gasteiger partial charge in [0.15, 0.2) is 22.9 Å². The van der Waals surface area contributed by atoms with Crippen LogP contribution in [0.15, 0.2) is 85.5 Å². The summed E-state index contributed by atoms with van der Waals surface area (Å²) in [5.74, 6) is 2.87. The average molecular weight is 1100 g/mol. The fraction of sp³-hybridized carbons (Fsp3) is 0.508. The summed E-state index contributed by atoms with van der Waals surface area (Å²) in [5.41, 5.74) is 3.71. The molecule has 5 aromatic heterocycles. The van der Waals surface area contributed by atoms with Crippen LogP contribution in [0.3, 0.4) is 0 Å². The molecule has 2 aliphatic carbocycles. The van der Waals surface area contributed by atoms with Crippen LogP contribution in [0, 0.1) is 0 Å². The van der Waals surface area contributed by atoms with Crippen LogP contribution in [0.5, 0.6) is 5.75 Å². The van der Waals surface area contributed by atoms with E-state index in [1.165, 1.54) is 5.01 Å². The standard InChI is InChI=1S/C59H68N14O8/c1-77-43-13-9-40(10-14-43)71-55-49(31-61-71)53(68-33-45-15-16-46(34-68)79-45)65-52(67-55)38-5-11-44(12-6-38)81-58(76)70(28-29-74)73(57(75)63-39-21-26-60-27-22-39)42-7-3-37(4-8-42)51-64-54(69-35-47-17-18-48(36-69)80-47)50-32-62-72(56(50)66-51)41-19-24-59(25-20-41)23-2-30-78-59/h3-8,11-12,21-22,26-27,31-32,40-41,43,45-48,74H,2,9-10,13-20,23-25,28-30,33-36H2,1H3,(H,60,63,75). The number of hydrogen-bond acceptors (Lipinski definition) is 17. The van der Waals surface area contributed by atoms with E-state index in [1.54, 1.807) is 55.9 Å². The molecule has 4 atom stereocenters. The highest BCUT2D eigenvalue weighted by Gasteiger charge is 2.42. The first kappa shape index (κ1) is 51.8. The van der Waals surface area contributed by atoms with Crippen molar-refractivity contribution in [1.82, 2.24) is 49.5 Å². The number of nitrogens with one attached hydrogen (secondary N) is 1. The first-order valence-corrected chi connectivity index (χ1v) is 29.0. The fourth-order valence-electron chi connectivity index (χ4n) is 13.6. The van der Waals surface area contributed by atoms with Crippen molar-refractivity contribution in [3.63, 3.8) is 0 Å². The number of nitrogens with zero attached hydrogens (tertiary/aromatic N) is 13. The molecule has 1 spiro atoms. The predicted octanol–water partition coefficient (Wildman–Crippen LogP) is 8.67. The fourth-order valence-corrected chi connectivity index (χ4v) is 13.6. The number of rotatable bonds is 12. The molecule has 7 fully saturated rings. The van der Waals surface area contributed by atoms with Crippen molar-refractivity contribution in [2.45, 2.75) is 138 Å². The second kappa shape index (κ2) is 21.8. The van der Waals surface area contributed by atoms with Gasteiger partial charge in [-0.25, -0.2) is 43.9 Å². The van der Waals surface area contributed by atoms with Crippen LogP contribution in [0.4, 0.5) is 32.6 Å². The summed E-state index contributed by atoms with van der Waals surface area (Å²) in [5, 5.41) is 27.4. The van der Waals surface area contributed by atoms with Crippen LogP contribution in [0.2, 0.25) is 0 Å². The molecule has 7 aromatic rings. The number of benzene rings is 2. The zero-order chi connectivity index (χ0) is 54.6. The summed E-state index contributed by atoms with van der Waals surface area (Å²) < 4.78 is 34.7. The lowest BCUT2D eigenvalue weighted by Gasteiger charge is -2.36. The second-order valence-electron chi connectivity index (χ2n) is 22.9. The summed E-state index contributed by atoms with van der Waals surface area (Å²) >= 11 is 0. The summed E-state index contributed by atoms with van der Waals surface area (Å²) in [6.45, 7) is 2.99. The van der Waals surface area contributed by atoms with Gasteiger partial charge in [-0.1, -0.05) is 0 Å². The average Bonchev–Trinajstić information content (AvgIpc) is 4.50. The first-order valence-electron chi connectivity index (χ1n) is 29.0. The van der Waals surface area contributed by atoms with E-state index in [0.29, 0.717) is 34.2 Å². The van der Waals surface area contributed by atoms with Crippen molar-refractivity contribution >= 4 is 57.2 Å². The van der Waals surface area contributed by atoms with Crippen LogP contribution in [0.1, 0.15) is 102 Å². The number of carbonyl (C=O) groups excluding carboxylic acids is 2. The number of urea groups is 1. The Morgan fingerprint density at radius 2 is 1.22 bits per heavy atom. The van der Waals surface area contributed by atoms with Crippen molar-refractivity contribution < 1.29 is 38.4 Å². The smallest absolute Gasteiger partial charge is 0.409 e. The molecule has 5 aliphatic heterocycles. The maximum atomic E-state index is 14.6. The molecule has 2 aromatic carbocycles. The number of methoxy groups -OCH3 is 1. The Labute approximate surface area is 468 Å². The normalized spacial score (nSPS) is 26.2. The number of pyridine rings is 1. The van der Waals surface area contributed by atoms with Gasteiger partial charge in [-0.15, -0.1) is 0 Å². The molecule has 22 nitrogen and oxygen atoms in total. The van der Waals surface area contributed by atoms with E-state index in [9.17, 15) is 14.7 Å². The van der Waals surface area contributed by atoms with Crippen molar-refractivity contribution in [2.24, 2.45) is 0 Å². The Bertz CT molecular complexity index is 3370. The van der Waals surface area contributed by atoms with E-state index >= 15 is 0 Å². The van der Waals surface area contributed by atoms with Gasteiger partial charge in [0.25, 0.3) is 0 Å². The van der Waals surface area contributed by atoms with Gasteiger partial charge < -0.3 is 43.9 Å². The van der Waals surface area contributed by atoms with Crippen LogP contribution in [-0.2, 0) is 18.9 Å². The molecule has 2 N–H and O–H groups in total. The number of hydrazine groups is 1. The zero-order valence-electron chi connectivity index (χ0n) is 45.6. The second-order valence-corrected chi connectivity index (χ2v) is 22.9. The lowest BCUT2D eigenvalue weighted by Crippen LogP contribution is -2.53. The highest BCUT2D eigenvalue weighted by molar-refractivity contribution is 6.03. The molecule has 2 saturated carbocycles. The maximum Gasteiger partial charge on any atom is 0.434 e. The minimum absolute atomic E-state index is 0.0186. The Hall–Kier alpha value is -7.37. The Morgan fingerprint density at radius 1 is 0.679 bits per heavy atom. The minimum atomic E-state index is -0.904. The molecule has 4 bridgehead atoms. The van der Waals surface area contributed by atoms with Crippen LogP contribution >= 0.6 is 0 Å². The maximum absolute atomic E-state index is 14.6. The zero-order valence-corrected chi connectivity index (χ0v) is 45.6. The lowest BCUT2D eigenvalue weighted by molar-refractivity contribution is -0.0337. The van der Waals surface area contributed by atoms with E-state index in [2.05, 4.69) is 29.5 Å². The summed E-state index contributed by atoms with van der Waals surface area (Å²) in [6, 6.07) is 17.1. The molecule has 81 heavy (non-hydrogen) atoms. The number of hydrogen-bond donors (Lipinski definition) is 2. The molecule has 0 radical (unpaired) electrons. The Balaban J connectivity index is 0.758. The molecule has 5 saturated heterocycles. The monoisotopic (exact) mass is 1100 g/mol. The van der Waals surface area contributed by atoms with E-state index in [-0.39, 0.29) is 60.5 Å². The van der Waals surface area contributed by atoms with Crippen LogP contribution in [0.25, 0.3) is 44.8 Å². The van der Waals surface area contributed by atoms with Crippen molar-refractivity contribution in [3.05, 3.63) is 85.5 Å². The van der Waals surface area contributed by atoms with E-state index < -0.39 is 18.7 Å². The molecule has 14 rings (SSSR count). The number of aliphatic hydroxyl groups is 1. The minimum Gasteiger partial charge on any atom is -0.409 e. The van der Waals surface area contributed by atoms with Crippen LogP contribution < -0.4 is 24.9 Å². The number of morpholine rings is 2. The number of fused-ring (bicyclic) bond motifs is 6. The van der Waals surface area contributed by atoms with Gasteiger partial charge in [0.05, 0.1) is 90.2 Å². The SMILES string of the molecule is COC1CCC(n2ncc3c(N4CC5CCC(C4)O5)nc(-c4ccc(OC(=O)N(CCO)N(C(=O)Nc5ccncc5)c5ccc(-c6nc(N7CC8CCC(C7)O8)c7cnn(C8CCC9(CCCO9)CC8)c7n6)cc5)cc4)nc32)CC1. The Kier molecular flexibility index (Phi) is 14.0. The quantitative estimate of drug-likeness (QED) is 0.109. The van der Waals surface area contributed by atoms with Gasteiger partial charge in [0, 0.05) is 69.1 Å². The molecule has 4 unspecified atom stereocenters. The van der Waals surface area contributed by atoms with Crippen molar-refractivity contribution in [3.8, 4) is 28.5 Å². The number of amides is 3. The van der Waals surface area contributed by atoms with Gasteiger partial charge in [0.1, 0.15) is 17.4 Å². The molecule has 22 heteroatoms. The van der Waals surface area contributed by atoms with E-state index in [4.69, 9.17) is 53.8 Å². The third-order valence-electron chi connectivity index (χ3n) is 17.8. The summed E-state index contributed by atoms with van der Waals surface area (Å²) in [7, 11) is 1.78. The third kappa shape index (κ3) is 10.2. The highest BCUT2D eigenvalue weighted by Crippen LogP contribution is 2.45. The summed E-state index contributed by atoms with van der Waals surface area (Å²) in [4.78, 5) is 58.8. The number of aliphatic hydroxyl groups excluding tert-OH is 1. The van der Waals surface area contributed by atoms with E-state index in [1.807, 2.05) is 36.7 Å². The molecule has 422 valence electrons. The largest absolute Gasteiger partial charge is 0.434 e. The summed E-state index contributed by atoms with van der Waals surface area (Å²) in [6.07, 6.45) is 20.8. The first-order chi connectivity index (χ1) is 39.7. The molecule has 7 aliphatic rings. The predicted molar refractivity (Wildman–Crippen MR) is 301 cm³/mol. The molecular formula is C59H68N14O8. The van der Waals surface area contributed by atoms with Gasteiger partial charge in [-0.05, 0) is 151 Å². The lowest BCUT2D eigenvalue weighted by atomic mass is 9.80. The highest BCUT2D eigenvalue weighted by atomic mass is 16.6. The van der Waals surface area contributed by atoms with Crippen LogP contribution in [-0.4, -0.2) is 156 Å². The van der Waals surface area contributed by atoms with Gasteiger partial charge in [0.2, 0.25) is 0 Å². The molecule has 10 heterocycles. The van der Waals surface area contributed by atoms with Crippen molar-refractivity contribution in [2.75, 3.05) is 73.2 Å². The van der Waals surface area contributed by atoms with Gasteiger partial charge >= 0.3 is 12.1 Å². The van der Waals surface area contributed by atoms with Gasteiger partial charge in [-0.2, -0.15) is 15.2 Å². The van der Waals surface area contributed by atoms with E-state index in [0.717, 1.165) is 161 Å². The molecular weight excluding hydrogens is 1030 g/mol.